The molecule has 1 unspecified atom stereocenters. The minimum absolute atomic E-state index is 0.0655. The summed E-state index contributed by atoms with van der Waals surface area (Å²) in [6.45, 7) is 5.46. The van der Waals surface area contributed by atoms with E-state index in [1.165, 1.54) is 17.4 Å². The zero-order valence-corrected chi connectivity index (χ0v) is 19.2. The molecule has 2 aromatic heterocycles. The van der Waals surface area contributed by atoms with Crippen LogP contribution < -0.4 is 0 Å². The number of carbonyl (C=O) groups excluding carboxylic acids is 1. The zero-order chi connectivity index (χ0) is 23.3. The first-order valence-electron chi connectivity index (χ1n) is 11.6. The van der Waals surface area contributed by atoms with Gasteiger partial charge >= 0.3 is 0 Å². The van der Waals surface area contributed by atoms with Crippen LogP contribution in [-0.2, 0) is 13.0 Å². The molecule has 34 heavy (non-hydrogen) atoms. The van der Waals surface area contributed by atoms with Crippen molar-refractivity contribution in [1.29, 1.82) is 0 Å². The number of aryl methyl sites for hydroxylation is 3. The van der Waals surface area contributed by atoms with E-state index in [4.69, 9.17) is 4.42 Å². The molecule has 2 aromatic carbocycles. The zero-order valence-electron chi connectivity index (χ0n) is 19.2. The molecule has 0 spiro atoms. The lowest BCUT2D eigenvalue weighted by Crippen LogP contribution is -2.50. The second-order valence-corrected chi connectivity index (χ2v) is 8.61. The van der Waals surface area contributed by atoms with E-state index >= 15 is 0 Å². The summed E-state index contributed by atoms with van der Waals surface area (Å²) in [6, 6.07) is 22.3. The van der Waals surface area contributed by atoms with Crippen molar-refractivity contribution in [1.82, 2.24) is 30.0 Å². The maximum absolute atomic E-state index is 12.7. The van der Waals surface area contributed by atoms with Gasteiger partial charge in [0.15, 0.2) is 11.6 Å². The number of piperazine rings is 1. The fourth-order valence-electron chi connectivity index (χ4n) is 4.46. The molecule has 0 bridgehead atoms. The van der Waals surface area contributed by atoms with E-state index in [1.54, 1.807) is 12.1 Å². The monoisotopic (exact) mass is 456 g/mol. The Morgan fingerprint density at radius 2 is 1.74 bits per heavy atom. The smallest absolute Gasteiger partial charge is 0.289 e. The van der Waals surface area contributed by atoms with E-state index in [9.17, 15) is 4.79 Å². The molecule has 5 rings (SSSR count). The molecule has 0 N–H and O–H groups in total. The second kappa shape index (κ2) is 10.0. The summed E-state index contributed by atoms with van der Waals surface area (Å²) in [4.78, 5) is 16.9. The third-order valence-corrected chi connectivity index (χ3v) is 6.35. The Hall–Kier alpha value is -3.78. The van der Waals surface area contributed by atoms with Gasteiger partial charge < -0.3 is 9.32 Å². The van der Waals surface area contributed by atoms with Gasteiger partial charge in [-0.05, 0) is 47.0 Å². The van der Waals surface area contributed by atoms with Crippen molar-refractivity contribution in [2.24, 2.45) is 0 Å². The third kappa shape index (κ3) is 4.77. The molecule has 0 aliphatic carbocycles. The Morgan fingerprint density at radius 1 is 0.971 bits per heavy atom. The van der Waals surface area contributed by atoms with Crippen LogP contribution in [0.2, 0.25) is 0 Å². The SMILES string of the molecule is Cc1ccc(C(c2nnnn2CCc2ccccc2)N2CCN(C(=O)c3ccco3)CC2)cc1. The van der Waals surface area contributed by atoms with Crippen molar-refractivity contribution in [3.63, 3.8) is 0 Å². The molecule has 3 heterocycles. The van der Waals surface area contributed by atoms with E-state index < -0.39 is 0 Å². The predicted octanol–water partition coefficient (Wildman–Crippen LogP) is 3.36. The standard InChI is InChI=1S/C26H28N6O2/c1-20-9-11-22(12-10-20)24(25-27-28-29-32(25)14-13-21-6-3-2-4-7-21)30-15-17-31(18-16-30)26(33)23-8-5-19-34-23/h2-12,19,24H,13-18H2,1H3. The Balaban J connectivity index is 1.37. The van der Waals surface area contributed by atoms with E-state index in [1.807, 2.05) is 15.6 Å². The van der Waals surface area contributed by atoms with Crippen LogP contribution in [0.5, 0.6) is 0 Å². The van der Waals surface area contributed by atoms with Gasteiger partial charge in [-0.3, -0.25) is 9.69 Å². The maximum atomic E-state index is 12.7. The average Bonchev–Trinajstić information content (AvgIpc) is 3.58. The van der Waals surface area contributed by atoms with Gasteiger partial charge in [0.25, 0.3) is 5.91 Å². The lowest BCUT2D eigenvalue weighted by atomic mass is 10.0. The molecule has 1 saturated heterocycles. The first kappa shape index (κ1) is 22.0. The summed E-state index contributed by atoms with van der Waals surface area (Å²) < 4.78 is 7.22. The van der Waals surface area contributed by atoms with E-state index in [2.05, 4.69) is 75.9 Å². The van der Waals surface area contributed by atoms with Gasteiger partial charge in [-0.2, -0.15) is 0 Å². The molecule has 1 fully saturated rings. The first-order chi connectivity index (χ1) is 16.7. The molecule has 1 amide bonds. The Kier molecular flexibility index (Phi) is 6.49. The number of hydrogen-bond donors (Lipinski definition) is 0. The van der Waals surface area contributed by atoms with Crippen LogP contribution in [0.25, 0.3) is 0 Å². The molecule has 174 valence electrons. The summed E-state index contributed by atoms with van der Waals surface area (Å²) >= 11 is 0. The first-order valence-corrected chi connectivity index (χ1v) is 11.6. The van der Waals surface area contributed by atoms with Crippen molar-refractivity contribution < 1.29 is 9.21 Å². The van der Waals surface area contributed by atoms with Crippen molar-refractivity contribution in [3.05, 3.63) is 101 Å². The fraction of sp³-hybridized carbons (Fsp3) is 0.308. The topological polar surface area (TPSA) is 80.3 Å². The van der Waals surface area contributed by atoms with Crippen molar-refractivity contribution in [2.75, 3.05) is 26.2 Å². The van der Waals surface area contributed by atoms with E-state index in [-0.39, 0.29) is 11.9 Å². The lowest BCUT2D eigenvalue weighted by Gasteiger charge is -2.38. The van der Waals surface area contributed by atoms with E-state index in [0.29, 0.717) is 25.4 Å². The third-order valence-electron chi connectivity index (χ3n) is 6.35. The number of furan rings is 1. The molecular weight excluding hydrogens is 428 g/mol. The molecule has 0 saturated carbocycles. The summed E-state index contributed by atoms with van der Waals surface area (Å²) in [5, 5.41) is 12.8. The summed E-state index contributed by atoms with van der Waals surface area (Å²) in [6.07, 6.45) is 2.39. The van der Waals surface area contributed by atoms with Crippen LogP contribution in [-0.4, -0.2) is 62.1 Å². The number of rotatable bonds is 7. The van der Waals surface area contributed by atoms with Crippen LogP contribution in [0.3, 0.4) is 0 Å². The van der Waals surface area contributed by atoms with Crippen molar-refractivity contribution in [3.8, 4) is 0 Å². The predicted molar refractivity (Wildman–Crippen MR) is 127 cm³/mol. The molecule has 1 atom stereocenters. The highest BCUT2D eigenvalue weighted by molar-refractivity contribution is 5.91. The highest BCUT2D eigenvalue weighted by Crippen LogP contribution is 2.29. The Bertz CT molecular complexity index is 1200. The van der Waals surface area contributed by atoms with Crippen LogP contribution >= 0.6 is 0 Å². The van der Waals surface area contributed by atoms with Gasteiger partial charge in [0.05, 0.1) is 12.3 Å². The Labute approximate surface area is 198 Å². The maximum Gasteiger partial charge on any atom is 0.289 e. The number of tetrazole rings is 1. The molecule has 8 nitrogen and oxygen atoms in total. The lowest BCUT2D eigenvalue weighted by molar-refractivity contribution is 0.0559. The summed E-state index contributed by atoms with van der Waals surface area (Å²) in [5.41, 5.74) is 3.60. The molecule has 4 aromatic rings. The average molecular weight is 457 g/mol. The number of hydrogen-bond acceptors (Lipinski definition) is 6. The normalized spacial score (nSPS) is 15.4. The van der Waals surface area contributed by atoms with E-state index in [0.717, 1.165) is 30.9 Å². The number of amides is 1. The quantitative estimate of drug-likeness (QED) is 0.424. The van der Waals surface area contributed by atoms with Crippen molar-refractivity contribution in [2.45, 2.75) is 25.9 Å². The summed E-state index contributed by atoms with van der Waals surface area (Å²) in [5.74, 6) is 1.14. The van der Waals surface area contributed by atoms with Crippen LogP contribution in [0.1, 0.15) is 39.1 Å². The summed E-state index contributed by atoms with van der Waals surface area (Å²) in [7, 11) is 0. The molecule has 1 aliphatic rings. The van der Waals surface area contributed by atoms with Crippen LogP contribution in [0.15, 0.2) is 77.4 Å². The van der Waals surface area contributed by atoms with Gasteiger partial charge in [-0.15, -0.1) is 5.10 Å². The van der Waals surface area contributed by atoms with Crippen molar-refractivity contribution >= 4 is 5.91 Å². The van der Waals surface area contributed by atoms with Gasteiger partial charge in [0, 0.05) is 32.7 Å². The largest absolute Gasteiger partial charge is 0.459 e. The van der Waals surface area contributed by atoms with Gasteiger partial charge in [0.1, 0.15) is 0 Å². The van der Waals surface area contributed by atoms with Gasteiger partial charge in [-0.1, -0.05) is 60.2 Å². The highest BCUT2D eigenvalue weighted by atomic mass is 16.3. The second-order valence-electron chi connectivity index (χ2n) is 8.61. The highest BCUT2D eigenvalue weighted by Gasteiger charge is 2.32. The van der Waals surface area contributed by atoms with Gasteiger partial charge in [-0.25, -0.2) is 4.68 Å². The molecule has 1 aliphatic heterocycles. The minimum atomic E-state index is -0.0905. The molecular formula is C26H28N6O2. The molecule has 0 radical (unpaired) electrons. The Morgan fingerprint density at radius 3 is 2.44 bits per heavy atom. The number of aromatic nitrogens is 4. The van der Waals surface area contributed by atoms with Gasteiger partial charge in [0.2, 0.25) is 0 Å². The van der Waals surface area contributed by atoms with Crippen LogP contribution in [0, 0.1) is 6.92 Å². The molecule has 8 heteroatoms. The number of nitrogens with zero attached hydrogens (tertiary/aromatic N) is 6. The number of benzene rings is 2. The minimum Gasteiger partial charge on any atom is -0.459 e. The number of carbonyl (C=O) groups is 1. The van der Waals surface area contributed by atoms with Crippen LogP contribution in [0.4, 0.5) is 0 Å². The fourth-order valence-corrected chi connectivity index (χ4v) is 4.46.